The summed E-state index contributed by atoms with van der Waals surface area (Å²) in [4.78, 5) is 1.05. The van der Waals surface area contributed by atoms with Crippen LogP contribution in [0.1, 0.15) is 31.3 Å². The molecule has 0 unspecified atom stereocenters. The maximum absolute atomic E-state index is 10.2. The molecule has 3 nitrogen and oxygen atoms in total. The fraction of sp³-hybridized carbons (Fsp3) is 0.278. The number of thioether (sulfide) groups is 1. The molecule has 2 aromatic carbocycles. The van der Waals surface area contributed by atoms with E-state index in [2.05, 4.69) is 31.1 Å². The van der Waals surface area contributed by atoms with Gasteiger partial charge in [0, 0.05) is 27.8 Å². The second-order valence-electron chi connectivity index (χ2n) is 5.75. The van der Waals surface area contributed by atoms with Gasteiger partial charge in [0.05, 0.1) is 11.6 Å². The zero-order valence-electron chi connectivity index (χ0n) is 13.2. The summed E-state index contributed by atoms with van der Waals surface area (Å²) in [5, 5.41) is 16.6. The third kappa shape index (κ3) is 3.48. The number of halogens is 1. The average Bonchev–Trinajstić information content (AvgIpc) is 2.97. The number of phenols is 1. The summed E-state index contributed by atoms with van der Waals surface area (Å²) in [6, 6.07) is 14.2. The molecule has 1 aromatic heterocycles. The SMILES string of the molecule is CC(C)n1nc(CCl)cc1CSc1cc(O)c2ccccc2c1. The van der Waals surface area contributed by atoms with E-state index >= 15 is 0 Å². The highest BCUT2D eigenvalue weighted by molar-refractivity contribution is 7.98. The summed E-state index contributed by atoms with van der Waals surface area (Å²) in [6.07, 6.45) is 0. The van der Waals surface area contributed by atoms with Crippen LogP contribution in [0.25, 0.3) is 10.8 Å². The number of nitrogens with zero attached hydrogens (tertiary/aromatic N) is 2. The number of aromatic nitrogens is 2. The van der Waals surface area contributed by atoms with E-state index in [-0.39, 0.29) is 0 Å². The van der Waals surface area contributed by atoms with Crippen molar-refractivity contribution in [3.05, 3.63) is 53.9 Å². The summed E-state index contributed by atoms with van der Waals surface area (Å²) in [5.41, 5.74) is 2.05. The standard InChI is InChI=1S/C18H19ClN2OS/c1-12(2)21-15(8-14(10-19)20-21)11-23-16-7-13-5-3-4-6-17(13)18(22)9-16/h3-9,12,22H,10-11H2,1-2H3. The van der Waals surface area contributed by atoms with Crippen LogP contribution in [0.5, 0.6) is 5.75 Å². The van der Waals surface area contributed by atoms with E-state index in [0.717, 1.165) is 32.8 Å². The Kier molecular flexibility index (Phi) is 4.83. The maximum Gasteiger partial charge on any atom is 0.124 e. The van der Waals surface area contributed by atoms with Gasteiger partial charge in [0.1, 0.15) is 5.75 Å². The number of alkyl halides is 1. The van der Waals surface area contributed by atoms with E-state index in [1.165, 1.54) is 0 Å². The number of hydrogen-bond acceptors (Lipinski definition) is 3. The number of phenolic OH excluding ortho intramolecular Hbond substituents is 1. The molecule has 1 heterocycles. The Morgan fingerprint density at radius 2 is 2.00 bits per heavy atom. The molecular formula is C18H19ClN2OS. The molecule has 0 saturated carbocycles. The minimum atomic E-state index is 0.299. The molecule has 0 bridgehead atoms. The van der Waals surface area contributed by atoms with E-state index in [0.29, 0.717) is 17.7 Å². The molecule has 5 heteroatoms. The molecule has 0 fully saturated rings. The predicted octanol–water partition coefficient (Wildman–Crippen LogP) is 5.35. The lowest BCUT2D eigenvalue weighted by atomic mass is 10.1. The number of fused-ring (bicyclic) bond motifs is 1. The van der Waals surface area contributed by atoms with Crippen LogP contribution in [-0.4, -0.2) is 14.9 Å². The normalized spacial score (nSPS) is 11.5. The Morgan fingerprint density at radius 1 is 1.22 bits per heavy atom. The van der Waals surface area contributed by atoms with Crippen molar-refractivity contribution in [3.63, 3.8) is 0 Å². The third-order valence-corrected chi connectivity index (χ3v) is 4.97. The lowest BCUT2D eigenvalue weighted by Gasteiger charge is -2.11. The molecule has 23 heavy (non-hydrogen) atoms. The molecule has 0 amide bonds. The van der Waals surface area contributed by atoms with Crippen molar-refractivity contribution < 1.29 is 5.11 Å². The molecule has 0 spiro atoms. The number of hydrogen-bond donors (Lipinski definition) is 1. The largest absolute Gasteiger partial charge is 0.507 e. The van der Waals surface area contributed by atoms with Crippen molar-refractivity contribution in [1.82, 2.24) is 9.78 Å². The van der Waals surface area contributed by atoms with E-state index in [1.807, 2.05) is 35.0 Å². The van der Waals surface area contributed by atoms with Crippen LogP contribution in [-0.2, 0) is 11.6 Å². The van der Waals surface area contributed by atoms with Gasteiger partial charge in [-0.1, -0.05) is 24.3 Å². The van der Waals surface area contributed by atoms with Gasteiger partial charge in [0.15, 0.2) is 0 Å². The zero-order chi connectivity index (χ0) is 16.4. The van der Waals surface area contributed by atoms with E-state index < -0.39 is 0 Å². The third-order valence-electron chi connectivity index (χ3n) is 3.69. The van der Waals surface area contributed by atoms with Crippen molar-refractivity contribution in [1.29, 1.82) is 0 Å². The van der Waals surface area contributed by atoms with Gasteiger partial charge in [0.25, 0.3) is 0 Å². The molecule has 0 radical (unpaired) electrons. The van der Waals surface area contributed by atoms with Crippen molar-refractivity contribution in [2.45, 2.75) is 36.4 Å². The number of aromatic hydroxyl groups is 1. The van der Waals surface area contributed by atoms with Gasteiger partial charge in [-0.05, 0) is 37.4 Å². The Morgan fingerprint density at radius 3 is 2.74 bits per heavy atom. The highest BCUT2D eigenvalue weighted by atomic mass is 35.5. The summed E-state index contributed by atoms with van der Waals surface area (Å²) >= 11 is 7.60. The Bertz CT molecular complexity index is 829. The van der Waals surface area contributed by atoms with Crippen LogP contribution < -0.4 is 0 Å². The van der Waals surface area contributed by atoms with Crippen molar-refractivity contribution in [3.8, 4) is 5.75 Å². The lowest BCUT2D eigenvalue weighted by Crippen LogP contribution is -2.06. The first-order valence-corrected chi connectivity index (χ1v) is 9.08. The monoisotopic (exact) mass is 346 g/mol. The van der Waals surface area contributed by atoms with Gasteiger partial charge in [-0.25, -0.2) is 0 Å². The van der Waals surface area contributed by atoms with E-state index in [9.17, 15) is 5.11 Å². The molecule has 0 aliphatic rings. The first kappa shape index (κ1) is 16.2. The average molecular weight is 347 g/mol. The summed E-state index contributed by atoms with van der Waals surface area (Å²) < 4.78 is 2.02. The number of benzene rings is 2. The van der Waals surface area contributed by atoms with Gasteiger partial charge in [-0.2, -0.15) is 5.10 Å². The minimum absolute atomic E-state index is 0.299. The van der Waals surface area contributed by atoms with Crippen LogP contribution in [0.15, 0.2) is 47.4 Å². The lowest BCUT2D eigenvalue weighted by molar-refractivity contribution is 0.480. The van der Waals surface area contributed by atoms with Crippen LogP contribution >= 0.6 is 23.4 Å². The first-order valence-electron chi connectivity index (χ1n) is 7.56. The molecule has 0 atom stereocenters. The van der Waals surface area contributed by atoms with Crippen LogP contribution in [0, 0.1) is 0 Å². The molecule has 0 saturated heterocycles. The summed E-state index contributed by atoms with van der Waals surface area (Å²) in [7, 11) is 0. The molecule has 1 N–H and O–H groups in total. The molecule has 3 aromatic rings. The highest BCUT2D eigenvalue weighted by Gasteiger charge is 2.11. The molecular weight excluding hydrogens is 328 g/mol. The Labute approximate surface area is 145 Å². The van der Waals surface area contributed by atoms with Crippen LogP contribution in [0.4, 0.5) is 0 Å². The molecule has 3 rings (SSSR count). The van der Waals surface area contributed by atoms with Crippen molar-refractivity contribution in [2.75, 3.05) is 0 Å². The van der Waals surface area contributed by atoms with Crippen molar-refractivity contribution >= 4 is 34.1 Å². The van der Waals surface area contributed by atoms with Gasteiger partial charge < -0.3 is 5.11 Å². The fourth-order valence-electron chi connectivity index (χ4n) is 2.61. The minimum Gasteiger partial charge on any atom is -0.507 e. The smallest absolute Gasteiger partial charge is 0.124 e. The molecule has 0 aliphatic heterocycles. The fourth-order valence-corrected chi connectivity index (χ4v) is 3.68. The molecule has 0 aliphatic carbocycles. The second kappa shape index (κ2) is 6.85. The van der Waals surface area contributed by atoms with Gasteiger partial charge in [0.2, 0.25) is 0 Å². The van der Waals surface area contributed by atoms with Gasteiger partial charge in [-0.15, -0.1) is 23.4 Å². The van der Waals surface area contributed by atoms with E-state index in [4.69, 9.17) is 11.6 Å². The predicted molar refractivity (Wildman–Crippen MR) is 97.3 cm³/mol. The summed E-state index contributed by atoms with van der Waals surface area (Å²) in [5.74, 6) is 1.54. The van der Waals surface area contributed by atoms with Gasteiger partial charge >= 0.3 is 0 Å². The summed E-state index contributed by atoms with van der Waals surface area (Å²) in [6.45, 7) is 4.22. The highest BCUT2D eigenvalue weighted by Crippen LogP contribution is 2.33. The van der Waals surface area contributed by atoms with Crippen LogP contribution in [0.3, 0.4) is 0 Å². The Hall–Kier alpha value is -1.65. The number of rotatable bonds is 5. The van der Waals surface area contributed by atoms with Gasteiger partial charge in [-0.3, -0.25) is 4.68 Å². The van der Waals surface area contributed by atoms with E-state index in [1.54, 1.807) is 11.8 Å². The second-order valence-corrected chi connectivity index (χ2v) is 7.07. The maximum atomic E-state index is 10.2. The zero-order valence-corrected chi connectivity index (χ0v) is 14.7. The first-order chi connectivity index (χ1) is 11.1. The van der Waals surface area contributed by atoms with Crippen molar-refractivity contribution in [2.24, 2.45) is 0 Å². The van der Waals surface area contributed by atoms with Crippen LogP contribution in [0.2, 0.25) is 0 Å². The molecule has 120 valence electrons. The quantitative estimate of drug-likeness (QED) is 0.499. The Balaban J connectivity index is 1.85. The topological polar surface area (TPSA) is 38.0 Å².